The summed E-state index contributed by atoms with van der Waals surface area (Å²) < 4.78 is 19.2. The molecule has 5 rings (SSSR count). The molecule has 42 heavy (non-hydrogen) atoms. The van der Waals surface area contributed by atoms with Crippen LogP contribution in [0, 0.1) is 0 Å². The molecule has 0 radical (unpaired) electrons. The molecule has 218 valence electrons. The number of aromatic nitrogens is 1. The number of fused-ring (bicyclic) bond motifs is 1. The summed E-state index contributed by atoms with van der Waals surface area (Å²) in [5.74, 6) is 1.90. The molecular formula is C31H29Cl2N3O5S. The van der Waals surface area contributed by atoms with E-state index in [1.807, 2.05) is 13.8 Å². The first-order chi connectivity index (χ1) is 20.2. The minimum atomic E-state index is -0.790. The Labute approximate surface area is 256 Å². The van der Waals surface area contributed by atoms with Gasteiger partial charge in [-0.3, -0.25) is 14.2 Å². The molecule has 0 N–H and O–H groups in total. The summed E-state index contributed by atoms with van der Waals surface area (Å²) in [6.07, 6.45) is 1.67. The van der Waals surface area contributed by atoms with Crippen molar-refractivity contribution < 1.29 is 18.7 Å². The fraction of sp³-hybridized carbons (Fsp3) is 0.258. The number of amides is 1. The van der Waals surface area contributed by atoms with Crippen LogP contribution in [0.25, 0.3) is 17.4 Å². The first-order valence-electron chi connectivity index (χ1n) is 13.3. The van der Waals surface area contributed by atoms with Gasteiger partial charge >= 0.3 is 0 Å². The van der Waals surface area contributed by atoms with Gasteiger partial charge in [-0.25, -0.2) is 4.99 Å². The number of furan rings is 1. The second-order valence-electron chi connectivity index (χ2n) is 9.49. The zero-order chi connectivity index (χ0) is 30.1. The molecule has 0 aliphatic carbocycles. The number of allylic oxidation sites excluding steroid dienone is 1. The standard InChI is InChI=1S/C31H29Cl2N3O5S/c1-6-35(7-2)30(38)27-17(3)34-31-36(28(27)22-15-19(39-4)9-12-24(22)40-5)29(37)26(42-31)16-20-10-13-25(41-20)21-11-8-18(32)14-23(21)33/h8-16,28H,6-7H2,1-5H3/b26-16+/t28-/m1/s1. The summed E-state index contributed by atoms with van der Waals surface area (Å²) in [6.45, 7) is 6.65. The van der Waals surface area contributed by atoms with Gasteiger partial charge in [0.2, 0.25) is 0 Å². The van der Waals surface area contributed by atoms with E-state index in [4.69, 9.17) is 42.1 Å². The van der Waals surface area contributed by atoms with Gasteiger partial charge in [0.05, 0.1) is 35.0 Å². The Morgan fingerprint density at radius 1 is 1.10 bits per heavy atom. The van der Waals surface area contributed by atoms with Crippen molar-refractivity contribution in [1.29, 1.82) is 0 Å². The minimum absolute atomic E-state index is 0.194. The zero-order valence-electron chi connectivity index (χ0n) is 23.7. The third kappa shape index (κ3) is 5.40. The van der Waals surface area contributed by atoms with Crippen molar-refractivity contribution in [1.82, 2.24) is 9.47 Å². The molecule has 0 saturated heterocycles. The molecule has 8 nitrogen and oxygen atoms in total. The molecular weight excluding hydrogens is 597 g/mol. The Hall–Kier alpha value is -3.79. The molecule has 0 saturated carbocycles. The monoisotopic (exact) mass is 625 g/mol. The van der Waals surface area contributed by atoms with Crippen molar-refractivity contribution in [3.63, 3.8) is 0 Å². The lowest BCUT2D eigenvalue weighted by Crippen LogP contribution is -2.43. The highest BCUT2D eigenvalue weighted by Gasteiger charge is 2.36. The fourth-order valence-electron chi connectivity index (χ4n) is 5.02. The maximum atomic E-state index is 14.1. The van der Waals surface area contributed by atoms with E-state index in [1.54, 1.807) is 85.2 Å². The third-order valence-corrected chi connectivity index (χ3v) is 8.66. The van der Waals surface area contributed by atoms with E-state index in [0.717, 1.165) is 0 Å². The molecule has 1 amide bonds. The van der Waals surface area contributed by atoms with Crippen molar-refractivity contribution in [2.45, 2.75) is 26.8 Å². The number of likely N-dealkylation sites (N-methyl/N-ethyl adjacent to an activating group) is 1. The second kappa shape index (κ2) is 12.2. The maximum absolute atomic E-state index is 14.1. The van der Waals surface area contributed by atoms with Gasteiger partial charge in [-0.05, 0) is 69.3 Å². The van der Waals surface area contributed by atoms with E-state index in [2.05, 4.69) is 0 Å². The third-order valence-electron chi connectivity index (χ3n) is 7.13. The lowest BCUT2D eigenvalue weighted by atomic mass is 9.93. The average molecular weight is 627 g/mol. The molecule has 11 heteroatoms. The molecule has 4 aromatic rings. The number of carbonyl (C=O) groups is 1. The maximum Gasteiger partial charge on any atom is 0.271 e. The summed E-state index contributed by atoms with van der Waals surface area (Å²) in [5, 5.41) is 0.976. The SMILES string of the molecule is CCN(CC)C(=O)C1=C(C)N=c2s/c(=C/c3ccc(-c4ccc(Cl)cc4Cl)o3)c(=O)n2[C@@H]1c1cc(OC)ccc1OC. The Balaban J connectivity index is 1.70. The van der Waals surface area contributed by atoms with Crippen molar-refractivity contribution in [2.75, 3.05) is 27.3 Å². The van der Waals surface area contributed by atoms with E-state index in [0.29, 0.717) is 77.9 Å². The normalized spacial score (nSPS) is 14.9. The Morgan fingerprint density at radius 2 is 1.86 bits per heavy atom. The van der Waals surface area contributed by atoms with Crippen LogP contribution in [0.5, 0.6) is 11.5 Å². The van der Waals surface area contributed by atoms with Crippen LogP contribution < -0.4 is 24.4 Å². The van der Waals surface area contributed by atoms with Gasteiger partial charge in [-0.15, -0.1) is 0 Å². The Morgan fingerprint density at radius 3 is 2.52 bits per heavy atom. The lowest BCUT2D eigenvalue weighted by Gasteiger charge is -2.30. The number of carbonyl (C=O) groups excluding carboxylic acids is 1. The van der Waals surface area contributed by atoms with Crippen LogP contribution >= 0.6 is 34.5 Å². The van der Waals surface area contributed by atoms with Crippen LogP contribution in [0.1, 0.15) is 38.1 Å². The molecule has 2 aromatic carbocycles. The van der Waals surface area contributed by atoms with Crippen molar-refractivity contribution in [3.8, 4) is 22.8 Å². The van der Waals surface area contributed by atoms with Crippen LogP contribution in [0.2, 0.25) is 10.0 Å². The number of nitrogens with zero attached hydrogens (tertiary/aromatic N) is 3. The first-order valence-corrected chi connectivity index (χ1v) is 14.9. The summed E-state index contributed by atoms with van der Waals surface area (Å²) in [7, 11) is 3.12. The van der Waals surface area contributed by atoms with Crippen molar-refractivity contribution >= 4 is 46.5 Å². The molecule has 0 spiro atoms. The van der Waals surface area contributed by atoms with Gasteiger partial charge in [0.15, 0.2) is 4.80 Å². The van der Waals surface area contributed by atoms with Gasteiger partial charge in [0.1, 0.15) is 29.1 Å². The highest BCUT2D eigenvalue weighted by molar-refractivity contribution is 7.07. The molecule has 1 aliphatic heterocycles. The van der Waals surface area contributed by atoms with E-state index in [-0.39, 0.29) is 11.5 Å². The van der Waals surface area contributed by atoms with Gasteiger partial charge < -0.3 is 18.8 Å². The zero-order valence-corrected chi connectivity index (χ0v) is 26.1. The molecule has 0 fully saturated rings. The van der Waals surface area contributed by atoms with Gasteiger partial charge in [-0.1, -0.05) is 34.5 Å². The van der Waals surface area contributed by atoms with Crippen LogP contribution in [-0.4, -0.2) is 42.7 Å². The predicted molar refractivity (Wildman–Crippen MR) is 165 cm³/mol. The van der Waals surface area contributed by atoms with Crippen LogP contribution in [0.3, 0.4) is 0 Å². The highest BCUT2D eigenvalue weighted by Crippen LogP contribution is 2.38. The number of hydrogen-bond donors (Lipinski definition) is 0. The van der Waals surface area contributed by atoms with Gasteiger partial charge in [-0.2, -0.15) is 0 Å². The van der Waals surface area contributed by atoms with E-state index >= 15 is 0 Å². The minimum Gasteiger partial charge on any atom is -0.497 e. The number of halogens is 2. The lowest BCUT2D eigenvalue weighted by molar-refractivity contribution is -0.127. The van der Waals surface area contributed by atoms with Crippen molar-refractivity contribution in [2.24, 2.45) is 4.99 Å². The average Bonchev–Trinajstić information content (AvgIpc) is 3.56. The topological polar surface area (TPSA) is 86.3 Å². The van der Waals surface area contributed by atoms with Gasteiger partial charge in [0, 0.05) is 35.3 Å². The van der Waals surface area contributed by atoms with E-state index in [1.165, 1.54) is 11.3 Å². The predicted octanol–water partition coefficient (Wildman–Crippen LogP) is 5.69. The summed E-state index contributed by atoms with van der Waals surface area (Å²) in [6, 6.07) is 13.3. The van der Waals surface area contributed by atoms with Crippen LogP contribution in [0.15, 0.2) is 74.0 Å². The Kier molecular flexibility index (Phi) is 8.63. The second-order valence-corrected chi connectivity index (χ2v) is 11.3. The molecule has 0 unspecified atom stereocenters. The summed E-state index contributed by atoms with van der Waals surface area (Å²) >= 11 is 13.6. The van der Waals surface area contributed by atoms with Crippen molar-refractivity contribution in [3.05, 3.63) is 101 Å². The largest absolute Gasteiger partial charge is 0.497 e. The number of hydrogen-bond acceptors (Lipinski definition) is 7. The number of rotatable bonds is 8. The molecule has 3 heterocycles. The number of benzene rings is 2. The van der Waals surface area contributed by atoms with E-state index < -0.39 is 6.04 Å². The van der Waals surface area contributed by atoms with E-state index in [9.17, 15) is 9.59 Å². The van der Waals surface area contributed by atoms with Crippen LogP contribution in [0.4, 0.5) is 0 Å². The summed E-state index contributed by atoms with van der Waals surface area (Å²) in [5.41, 5.74) is 1.93. The molecule has 0 bridgehead atoms. The van der Waals surface area contributed by atoms with Gasteiger partial charge in [0.25, 0.3) is 11.5 Å². The Bertz CT molecular complexity index is 1880. The summed E-state index contributed by atoms with van der Waals surface area (Å²) in [4.78, 5) is 34.9. The smallest absolute Gasteiger partial charge is 0.271 e. The van der Waals surface area contributed by atoms with Crippen LogP contribution in [-0.2, 0) is 4.79 Å². The fourth-order valence-corrected chi connectivity index (χ4v) is 6.55. The highest BCUT2D eigenvalue weighted by atomic mass is 35.5. The molecule has 1 atom stereocenters. The number of thiazole rings is 1. The number of methoxy groups -OCH3 is 2. The number of ether oxygens (including phenoxy) is 2. The first kappa shape index (κ1) is 29.7. The molecule has 1 aliphatic rings. The molecule has 2 aromatic heterocycles. The quantitative estimate of drug-likeness (QED) is 0.251.